The van der Waals surface area contributed by atoms with Crippen molar-refractivity contribution in [2.24, 2.45) is 0 Å². The molecule has 0 radical (unpaired) electrons. The molecule has 0 aliphatic rings. The van der Waals surface area contributed by atoms with E-state index < -0.39 is 0 Å². The minimum Gasteiger partial charge on any atom is -0.472 e. The fourth-order valence-electron chi connectivity index (χ4n) is 2.99. The molecule has 0 fully saturated rings. The van der Waals surface area contributed by atoms with Gasteiger partial charge in [0.25, 0.3) is 0 Å². The summed E-state index contributed by atoms with van der Waals surface area (Å²) in [5.74, 6) is 0.508. The van der Waals surface area contributed by atoms with Crippen LogP contribution >= 0.6 is 0 Å². The van der Waals surface area contributed by atoms with E-state index in [0.29, 0.717) is 30.4 Å². The summed E-state index contributed by atoms with van der Waals surface area (Å²) in [6.45, 7) is 2.86. The van der Waals surface area contributed by atoms with Crippen LogP contribution in [0, 0.1) is 11.3 Å². The van der Waals surface area contributed by atoms with Gasteiger partial charge in [0.05, 0.1) is 18.8 Å². The van der Waals surface area contributed by atoms with E-state index in [2.05, 4.69) is 30.3 Å². The van der Waals surface area contributed by atoms with Gasteiger partial charge in [-0.3, -0.25) is 4.57 Å². The molecule has 1 heterocycles. The number of benzene rings is 2. The molecule has 1 aromatic heterocycles. The fraction of sp³-hybridized carbons (Fsp3) is 0.250. The second kappa shape index (κ2) is 7.29. The first-order valence-corrected chi connectivity index (χ1v) is 8.15. The molecule has 1 atom stereocenters. The molecule has 1 unspecified atom stereocenters. The summed E-state index contributed by atoms with van der Waals surface area (Å²) in [5.41, 5.74) is 8.13. The van der Waals surface area contributed by atoms with Gasteiger partial charge in [-0.25, -0.2) is 0 Å². The van der Waals surface area contributed by atoms with E-state index in [0.717, 1.165) is 16.3 Å². The molecule has 0 saturated heterocycles. The molecule has 0 saturated carbocycles. The lowest BCUT2D eigenvalue weighted by molar-refractivity contribution is 0.0869. The van der Waals surface area contributed by atoms with Crippen LogP contribution in [-0.4, -0.2) is 24.4 Å². The molecule has 5 nitrogen and oxygen atoms in total. The van der Waals surface area contributed by atoms with Crippen molar-refractivity contribution in [3.63, 3.8) is 0 Å². The highest BCUT2D eigenvalue weighted by Crippen LogP contribution is 2.30. The number of aromatic nitrogens is 1. The van der Waals surface area contributed by atoms with Gasteiger partial charge in [0.2, 0.25) is 5.88 Å². The maximum absolute atomic E-state index is 9.48. The summed E-state index contributed by atoms with van der Waals surface area (Å²) < 4.78 is 12.9. The van der Waals surface area contributed by atoms with Gasteiger partial charge < -0.3 is 15.2 Å². The Labute approximate surface area is 147 Å². The fourth-order valence-corrected chi connectivity index (χ4v) is 2.99. The van der Waals surface area contributed by atoms with Gasteiger partial charge in [0.1, 0.15) is 17.9 Å². The number of anilines is 1. The second-order valence-electron chi connectivity index (χ2n) is 6.01. The topological polar surface area (TPSA) is 73.2 Å². The average Bonchev–Trinajstić information content (AvgIpc) is 2.91. The van der Waals surface area contributed by atoms with Crippen molar-refractivity contribution >= 4 is 16.5 Å². The first-order chi connectivity index (χ1) is 12.1. The zero-order valence-corrected chi connectivity index (χ0v) is 14.4. The normalized spacial score (nSPS) is 12.0. The van der Waals surface area contributed by atoms with E-state index in [1.165, 1.54) is 0 Å². The largest absolute Gasteiger partial charge is 0.472 e. The van der Waals surface area contributed by atoms with E-state index in [1.54, 1.807) is 13.2 Å². The Kier molecular flexibility index (Phi) is 4.92. The molecule has 0 spiro atoms. The van der Waals surface area contributed by atoms with Crippen LogP contribution in [0.3, 0.4) is 0 Å². The van der Waals surface area contributed by atoms with Gasteiger partial charge in [-0.2, -0.15) is 5.26 Å². The lowest BCUT2D eigenvalue weighted by Gasteiger charge is -2.18. The molecule has 3 aromatic rings. The van der Waals surface area contributed by atoms with Gasteiger partial charge in [0, 0.05) is 13.2 Å². The maximum atomic E-state index is 9.48. The summed E-state index contributed by atoms with van der Waals surface area (Å²) in [6.07, 6.45) is -0.167. The van der Waals surface area contributed by atoms with Crippen LogP contribution < -0.4 is 10.5 Å². The van der Waals surface area contributed by atoms with E-state index in [9.17, 15) is 5.26 Å². The number of nitrogen functional groups attached to an aromatic ring is 1. The summed E-state index contributed by atoms with van der Waals surface area (Å²) in [6, 6.07) is 18.2. The minimum atomic E-state index is -0.167. The second-order valence-corrected chi connectivity index (χ2v) is 6.01. The van der Waals surface area contributed by atoms with Gasteiger partial charge in [-0.15, -0.1) is 0 Å². The third-order valence-electron chi connectivity index (χ3n) is 4.11. The predicted molar refractivity (Wildman–Crippen MR) is 98.6 cm³/mol. The summed E-state index contributed by atoms with van der Waals surface area (Å²) in [7, 11) is 1.62. The third kappa shape index (κ3) is 3.44. The third-order valence-corrected chi connectivity index (χ3v) is 4.11. The van der Waals surface area contributed by atoms with Crippen LogP contribution in [-0.2, 0) is 11.3 Å². The molecule has 0 bridgehead atoms. The standard InChI is InChI=1S/C20H21N3O2/c1-14(13-24-2)25-20-19(22)10-17(11-21)23(20)12-16-8-5-7-15-6-3-4-9-18(15)16/h3-10,14H,12-13,22H2,1-2H3. The zero-order chi connectivity index (χ0) is 17.8. The number of fused-ring (bicyclic) bond motifs is 1. The van der Waals surface area contributed by atoms with Gasteiger partial charge in [-0.05, 0) is 23.3 Å². The molecule has 5 heteroatoms. The van der Waals surface area contributed by atoms with Crippen molar-refractivity contribution in [3.8, 4) is 11.9 Å². The van der Waals surface area contributed by atoms with Crippen LogP contribution in [0.15, 0.2) is 48.5 Å². The number of nitrogens with zero attached hydrogens (tertiary/aromatic N) is 2. The van der Waals surface area contributed by atoms with Crippen LogP contribution in [0.2, 0.25) is 0 Å². The highest BCUT2D eigenvalue weighted by atomic mass is 16.5. The van der Waals surface area contributed by atoms with Gasteiger partial charge in [-0.1, -0.05) is 42.5 Å². The Balaban J connectivity index is 2.02. The molecule has 128 valence electrons. The number of nitrogens with two attached hydrogens (primary N) is 1. The highest BCUT2D eigenvalue weighted by Gasteiger charge is 2.18. The SMILES string of the molecule is COCC(C)Oc1c(N)cc(C#N)n1Cc1cccc2ccccc12. The van der Waals surface area contributed by atoms with Gasteiger partial charge in [0.15, 0.2) is 0 Å². The molecular formula is C20H21N3O2. The Morgan fingerprint density at radius 2 is 1.96 bits per heavy atom. The predicted octanol–water partition coefficient (Wildman–Crippen LogP) is 3.56. The average molecular weight is 335 g/mol. The maximum Gasteiger partial charge on any atom is 0.219 e. The number of hydrogen-bond acceptors (Lipinski definition) is 4. The molecule has 25 heavy (non-hydrogen) atoms. The Hall–Kier alpha value is -2.97. The quantitative estimate of drug-likeness (QED) is 0.747. The molecule has 0 aliphatic carbocycles. The summed E-state index contributed by atoms with van der Waals surface area (Å²) >= 11 is 0. The number of nitriles is 1. The number of ether oxygens (including phenoxy) is 2. The van der Waals surface area contributed by atoms with Crippen molar-refractivity contribution in [3.05, 3.63) is 59.8 Å². The number of hydrogen-bond donors (Lipinski definition) is 1. The first kappa shape index (κ1) is 16.9. The molecule has 0 aliphatic heterocycles. The van der Waals surface area contributed by atoms with Crippen LogP contribution in [0.1, 0.15) is 18.2 Å². The van der Waals surface area contributed by atoms with Crippen molar-refractivity contribution in [2.75, 3.05) is 19.5 Å². The highest BCUT2D eigenvalue weighted by molar-refractivity contribution is 5.85. The number of rotatable bonds is 6. The molecule has 2 aromatic carbocycles. The zero-order valence-electron chi connectivity index (χ0n) is 14.4. The Morgan fingerprint density at radius 1 is 1.20 bits per heavy atom. The van der Waals surface area contributed by atoms with Crippen molar-refractivity contribution in [1.29, 1.82) is 5.26 Å². The van der Waals surface area contributed by atoms with Crippen molar-refractivity contribution < 1.29 is 9.47 Å². The van der Waals surface area contributed by atoms with E-state index in [-0.39, 0.29) is 6.10 Å². The molecule has 0 amide bonds. The lowest BCUT2D eigenvalue weighted by Crippen LogP contribution is -2.20. The molecule has 2 N–H and O–H groups in total. The van der Waals surface area contributed by atoms with Crippen molar-refractivity contribution in [2.45, 2.75) is 19.6 Å². The molecular weight excluding hydrogens is 314 g/mol. The Bertz CT molecular complexity index is 919. The monoisotopic (exact) mass is 335 g/mol. The summed E-state index contributed by atoms with van der Waals surface area (Å²) in [5, 5.41) is 11.8. The molecule has 3 rings (SSSR count). The van der Waals surface area contributed by atoms with E-state index in [1.807, 2.05) is 29.7 Å². The summed E-state index contributed by atoms with van der Waals surface area (Å²) in [4.78, 5) is 0. The van der Waals surface area contributed by atoms with E-state index >= 15 is 0 Å². The van der Waals surface area contributed by atoms with Crippen LogP contribution in [0.25, 0.3) is 10.8 Å². The smallest absolute Gasteiger partial charge is 0.219 e. The minimum absolute atomic E-state index is 0.167. The van der Waals surface area contributed by atoms with E-state index in [4.69, 9.17) is 15.2 Å². The number of methoxy groups -OCH3 is 1. The first-order valence-electron chi connectivity index (χ1n) is 8.15. The van der Waals surface area contributed by atoms with Crippen LogP contribution in [0.4, 0.5) is 5.69 Å². The Morgan fingerprint density at radius 3 is 2.72 bits per heavy atom. The lowest BCUT2D eigenvalue weighted by atomic mass is 10.0. The van der Waals surface area contributed by atoms with Crippen molar-refractivity contribution in [1.82, 2.24) is 4.57 Å². The van der Waals surface area contributed by atoms with Gasteiger partial charge >= 0.3 is 0 Å². The van der Waals surface area contributed by atoms with Crippen LogP contribution in [0.5, 0.6) is 5.88 Å².